The number of hydrogen-bond acceptors (Lipinski definition) is 2. The van der Waals surface area contributed by atoms with E-state index in [9.17, 15) is 0 Å². The van der Waals surface area contributed by atoms with Gasteiger partial charge in [-0.05, 0) is 93.0 Å². The molecule has 8 rings (SSSR count). The van der Waals surface area contributed by atoms with Gasteiger partial charge in [0.1, 0.15) is 11.5 Å². The molecule has 2 atom stereocenters. The van der Waals surface area contributed by atoms with Gasteiger partial charge in [-0.15, -0.1) is 0 Å². The van der Waals surface area contributed by atoms with Gasteiger partial charge in [-0.3, -0.25) is 0 Å². The number of hydrogen-bond donors (Lipinski definition) is 0. The van der Waals surface area contributed by atoms with Crippen molar-refractivity contribution in [3.05, 3.63) is 168 Å². The number of halogens is 2. The van der Waals surface area contributed by atoms with Crippen LogP contribution in [0.5, 0.6) is 0 Å². The van der Waals surface area contributed by atoms with Crippen LogP contribution in [0.25, 0.3) is 45.6 Å². The minimum absolute atomic E-state index is 0.302. The zero-order valence-electron chi connectivity index (χ0n) is 25.0. The second-order valence-electron chi connectivity index (χ2n) is 11.3. The van der Waals surface area contributed by atoms with Crippen LogP contribution in [0.15, 0.2) is 143 Å². The van der Waals surface area contributed by atoms with Crippen LogP contribution in [0.1, 0.15) is 45.6 Å². The van der Waals surface area contributed by atoms with E-state index in [1.807, 2.05) is 12.1 Å². The van der Waals surface area contributed by atoms with Crippen LogP contribution >= 0.6 is 17.0 Å². The second-order valence-corrected chi connectivity index (χ2v) is 16.4. The third-order valence-electron chi connectivity index (χ3n) is 8.86. The van der Waals surface area contributed by atoms with Gasteiger partial charge in [0.25, 0.3) is 0 Å². The minimum atomic E-state index is -0.826. The molecule has 2 aliphatic rings. The van der Waals surface area contributed by atoms with E-state index in [1.54, 1.807) is 12.5 Å². The number of furan rings is 2. The summed E-state index contributed by atoms with van der Waals surface area (Å²) in [6.45, 7) is 0. The fraction of sp³-hybridized carbons (Fsp3) is 0.100. The Hall–Kier alpha value is -3.40. The Morgan fingerprint density at radius 1 is 0.522 bits per heavy atom. The third kappa shape index (κ3) is 6.29. The summed E-state index contributed by atoms with van der Waals surface area (Å²) in [6, 6.07) is 45.3. The quantitative estimate of drug-likeness (QED) is 0.146. The average Bonchev–Trinajstić information content (AvgIpc) is 3.92. The van der Waals surface area contributed by atoms with Crippen molar-refractivity contribution in [3.63, 3.8) is 0 Å². The number of allylic oxidation sites excluding steroid dienone is 2. The van der Waals surface area contributed by atoms with Crippen molar-refractivity contribution < 1.29 is 29.7 Å². The molecule has 2 heterocycles. The van der Waals surface area contributed by atoms with Crippen molar-refractivity contribution >= 4 is 49.8 Å². The summed E-state index contributed by atoms with van der Waals surface area (Å²) >= 11 is -0.826. The normalized spacial score (nSPS) is 16.1. The van der Waals surface area contributed by atoms with Crippen molar-refractivity contribution in [2.75, 3.05) is 0 Å². The molecule has 0 saturated carbocycles. The molecule has 0 spiro atoms. The molecule has 0 aliphatic heterocycles. The standard InChI is InChI=1S/C40H30O2Si.2ClH.Zr/c1-3-11-27(12-4-1)29-15-7-17-31-33(29)23-35(39-19-9-21-41-39)37(31)25-43-26-38-32-18-8-16-30(28-13-5-2-6-14-28)34(32)24-36(38)40-20-10-22-42-40;;;/h1-24,37-38H,25-26H2;2*1H;/q;;;+2/p-2. The first-order chi connectivity index (χ1) is 22.8. The summed E-state index contributed by atoms with van der Waals surface area (Å²) in [4.78, 5) is 0. The Balaban J connectivity index is 0.00000109. The number of rotatable bonds is 8. The van der Waals surface area contributed by atoms with Gasteiger partial charge >= 0.3 is 37.9 Å². The van der Waals surface area contributed by atoms with Crippen LogP contribution in [0.3, 0.4) is 0 Å². The zero-order valence-corrected chi connectivity index (χ0v) is 30.0. The van der Waals surface area contributed by atoms with Crippen molar-refractivity contribution in [3.8, 4) is 22.3 Å². The molecule has 2 unspecified atom stereocenters. The van der Waals surface area contributed by atoms with E-state index in [4.69, 9.17) is 25.9 Å². The Morgan fingerprint density at radius 2 is 0.957 bits per heavy atom. The van der Waals surface area contributed by atoms with Crippen LogP contribution in [0.4, 0.5) is 0 Å². The molecule has 0 amide bonds. The summed E-state index contributed by atoms with van der Waals surface area (Å²) < 4.78 is 12.0. The number of benzene rings is 4. The summed E-state index contributed by atoms with van der Waals surface area (Å²) in [5.41, 5.74) is 13.1. The Morgan fingerprint density at radius 3 is 1.35 bits per heavy atom. The molecule has 0 saturated heterocycles. The molecule has 0 bridgehead atoms. The van der Waals surface area contributed by atoms with Gasteiger partial charge in [-0.2, -0.15) is 0 Å². The van der Waals surface area contributed by atoms with Gasteiger partial charge in [0.2, 0.25) is 0 Å². The van der Waals surface area contributed by atoms with E-state index in [-0.39, 0.29) is 0 Å². The maximum atomic E-state index is 5.99. The molecule has 6 heteroatoms. The zero-order chi connectivity index (χ0) is 31.3. The van der Waals surface area contributed by atoms with Crippen LogP contribution in [0, 0.1) is 0 Å². The first-order valence-corrected chi connectivity index (χ1v) is 23.1. The molecule has 0 N–H and O–H groups in total. The third-order valence-corrected chi connectivity index (χ3v) is 10.3. The van der Waals surface area contributed by atoms with Crippen LogP contribution < -0.4 is 0 Å². The van der Waals surface area contributed by atoms with E-state index in [0.29, 0.717) is 11.8 Å². The average molecular weight is 733 g/mol. The molecule has 46 heavy (non-hydrogen) atoms. The fourth-order valence-corrected chi connectivity index (χ4v) is 8.49. The first kappa shape index (κ1) is 31.2. The molecule has 224 valence electrons. The predicted octanol–water partition coefficient (Wildman–Crippen LogP) is 12.1. The van der Waals surface area contributed by atoms with Crippen molar-refractivity contribution in [2.45, 2.75) is 23.9 Å². The Kier molecular flexibility index (Phi) is 9.89. The molecular formula is C40H30Cl2O2SiZr. The molecular weight excluding hydrogens is 703 g/mol. The first-order valence-electron chi connectivity index (χ1n) is 15.3. The monoisotopic (exact) mass is 730 g/mol. The molecule has 2 nitrogen and oxygen atoms in total. The molecule has 6 aromatic rings. The molecule has 4 aromatic carbocycles. The Labute approximate surface area is 291 Å². The van der Waals surface area contributed by atoms with Crippen molar-refractivity contribution in [1.29, 1.82) is 0 Å². The van der Waals surface area contributed by atoms with Crippen LogP contribution in [-0.4, -0.2) is 9.52 Å². The second kappa shape index (κ2) is 14.6. The van der Waals surface area contributed by atoms with E-state index in [2.05, 4.69) is 121 Å². The topological polar surface area (TPSA) is 26.3 Å². The predicted molar refractivity (Wildman–Crippen MR) is 189 cm³/mol. The van der Waals surface area contributed by atoms with Gasteiger partial charge in [0, 0.05) is 32.5 Å². The van der Waals surface area contributed by atoms with Gasteiger partial charge in [-0.1, -0.05) is 97.1 Å². The summed E-state index contributed by atoms with van der Waals surface area (Å²) in [5, 5.41) is 0. The summed E-state index contributed by atoms with van der Waals surface area (Å²) in [7, 11) is 10.6. The fourth-order valence-electron chi connectivity index (χ4n) is 6.87. The SMILES string of the molecule is C1=C(c2ccco2)C(C[Si]CC2C(c3ccco3)=Cc3c(-c4ccccc4)cccc32)c2cccc(-c3ccccc3)c21.[Cl][Zr][Cl]. The van der Waals surface area contributed by atoms with Gasteiger partial charge < -0.3 is 8.83 Å². The summed E-state index contributed by atoms with van der Waals surface area (Å²) in [5.74, 6) is 2.55. The maximum absolute atomic E-state index is 5.99. The van der Waals surface area contributed by atoms with Crippen molar-refractivity contribution in [1.82, 2.24) is 0 Å². The van der Waals surface area contributed by atoms with E-state index >= 15 is 0 Å². The van der Waals surface area contributed by atoms with Gasteiger partial charge in [0.05, 0.1) is 12.5 Å². The molecule has 2 radical (unpaired) electrons. The van der Waals surface area contributed by atoms with E-state index < -0.39 is 20.8 Å². The van der Waals surface area contributed by atoms with Crippen LogP contribution in [0.2, 0.25) is 12.1 Å². The van der Waals surface area contributed by atoms with Crippen molar-refractivity contribution in [2.24, 2.45) is 0 Å². The summed E-state index contributed by atoms with van der Waals surface area (Å²) in [6.07, 6.45) is 8.32. The number of fused-ring (bicyclic) bond motifs is 2. The van der Waals surface area contributed by atoms with E-state index in [0.717, 1.165) is 33.1 Å². The van der Waals surface area contributed by atoms with Gasteiger partial charge in [-0.25, -0.2) is 0 Å². The van der Waals surface area contributed by atoms with Gasteiger partial charge in [0.15, 0.2) is 0 Å². The van der Waals surface area contributed by atoms with E-state index in [1.165, 1.54) is 55.7 Å². The molecule has 2 aliphatic carbocycles. The Bertz CT molecular complexity index is 1820. The van der Waals surface area contributed by atoms with Crippen LogP contribution in [-0.2, 0) is 20.8 Å². The molecule has 0 fully saturated rings. The molecule has 2 aromatic heterocycles.